The fraction of sp³-hybridized carbons (Fsp3) is 0.333. The average Bonchev–Trinajstić information content (AvgIpc) is 2.98. The van der Waals surface area contributed by atoms with Gasteiger partial charge in [0.15, 0.2) is 0 Å². The molecule has 0 saturated heterocycles. The average molecular weight is 296 g/mol. The van der Waals surface area contributed by atoms with Crippen LogP contribution in [0.15, 0.2) is 41.0 Å². The molecule has 4 nitrogen and oxygen atoms in total. The quantitative estimate of drug-likeness (QED) is 0.858. The molecule has 0 spiro atoms. The van der Waals surface area contributed by atoms with Crippen LogP contribution >= 0.6 is 11.6 Å². The van der Waals surface area contributed by atoms with E-state index >= 15 is 0 Å². The van der Waals surface area contributed by atoms with Crippen molar-refractivity contribution in [2.45, 2.75) is 19.1 Å². The first-order chi connectivity index (χ1) is 9.61. The van der Waals surface area contributed by atoms with Crippen LogP contribution in [0.25, 0.3) is 0 Å². The largest absolute Gasteiger partial charge is 0.496 e. The van der Waals surface area contributed by atoms with Gasteiger partial charge in [-0.05, 0) is 37.3 Å². The van der Waals surface area contributed by atoms with Crippen LogP contribution in [0.4, 0.5) is 0 Å². The van der Waals surface area contributed by atoms with Crippen LogP contribution in [0, 0.1) is 0 Å². The third-order valence-corrected chi connectivity index (χ3v) is 3.38. The van der Waals surface area contributed by atoms with Crippen molar-refractivity contribution in [2.24, 2.45) is 0 Å². The van der Waals surface area contributed by atoms with Gasteiger partial charge in [-0.25, -0.2) is 0 Å². The van der Waals surface area contributed by atoms with Crippen LogP contribution in [0.1, 0.15) is 30.4 Å². The monoisotopic (exact) mass is 295 g/mol. The summed E-state index contributed by atoms with van der Waals surface area (Å²) in [4.78, 5) is 0. The van der Waals surface area contributed by atoms with E-state index in [0.29, 0.717) is 17.3 Å². The van der Waals surface area contributed by atoms with Gasteiger partial charge < -0.3 is 19.6 Å². The maximum absolute atomic E-state index is 9.97. The standard InChI is InChI=1S/C15H18ClNO3/c1-10(12-8-11(16)5-6-14(12)19-2)17-9-13(18)15-4-3-7-20-15/h3-8,10,13,17-18H,9H2,1-2H3/t10-,13+/m1/s1. The molecule has 1 heterocycles. The molecule has 2 rings (SSSR count). The van der Waals surface area contributed by atoms with E-state index in [0.717, 1.165) is 11.3 Å². The zero-order valence-corrected chi connectivity index (χ0v) is 12.2. The molecule has 0 bridgehead atoms. The second kappa shape index (κ2) is 6.79. The number of aliphatic hydroxyl groups is 1. The van der Waals surface area contributed by atoms with Crippen molar-refractivity contribution in [2.75, 3.05) is 13.7 Å². The SMILES string of the molecule is COc1ccc(Cl)cc1[C@@H](C)NC[C@H](O)c1ccco1. The summed E-state index contributed by atoms with van der Waals surface area (Å²) in [6.45, 7) is 2.37. The van der Waals surface area contributed by atoms with Crippen molar-refractivity contribution in [3.05, 3.63) is 52.9 Å². The minimum Gasteiger partial charge on any atom is -0.496 e. The van der Waals surface area contributed by atoms with Crippen LogP contribution in [0.2, 0.25) is 5.02 Å². The Balaban J connectivity index is 2.01. The Kier molecular flexibility index (Phi) is 5.06. The highest BCUT2D eigenvalue weighted by molar-refractivity contribution is 6.30. The minimum atomic E-state index is -0.683. The molecule has 0 aliphatic carbocycles. The summed E-state index contributed by atoms with van der Waals surface area (Å²) >= 11 is 6.01. The molecule has 0 aliphatic rings. The van der Waals surface area contributed by atoms with E-state index < -0.39 is 6.10 Å². The molecule has 5 heteroatoms. The highest BCUT2D eigenvalue weighted by Gasteiger charge is 2.15. The molecule has 0 amide bonds. The molecule has 20 heavy (non-hydrogen) atoms. The summed E-state index contributed by atoms with van der Waals surface area (Å²) in [7, 11) is 1.62. The predicted octanol–water partition coefficient (Wildman–Crippen LogP) is 3.33. The fourth-order valence-electron chi connectivity index (χ4n) is 2.02. The van der Waals surface area contributed by atoms with Gasteiger partial charge in [-0.3, -0.25) is 0 Å². The zero-order chi connectivity index (χ0) is 14.5. The summed E-state index contributed by atoms with van der Waals surface area (Å²) in [5.74, 6) is 1.31. The van der Waals surface area contributed by atoms with Crippen LogP contribution < -0.4 is 10.1 Å². The first kappa shape index (κ1) is 14.9. The molecule has 0 unspecified atom stereocenters. The van der Waals surface area contributed by atoms with E-state index in [1.54, 1.807) is 31.6 Å². The molecule has 1 aromatic heterocycles. The highest BCUT2D eigenvalue weighted by Crippen LogP contribution is 2.28. The van der Waals surface area contributed by atoms with E-state index in [9.17, 15) is 5.11 Å². The number of hydrogen-bond donors (Lipinski definition) is 2. The molecule has 0 fully saturated rings. The van der Waals surface area contributed by atoms with Gasteiger partial charge in [0.1, 0.15) is 17.6 Å². The topological polar surface area (TPSA) is 54.6 Å². The van der Waals surface area contributed by atoms with Crippen LogP contribution in [-0.2, 0) is 0 Å². The van der Waals surface area contributed by atoms with Crippen LogP contribution in [0.3, 0.4) is 0 Å². The van der Waals surface area contributed by atoms with Gasteiger partial charge in [-0.1, -0.05) is 11.6 Å². The van der Waals surface area contributed by atoms with Gasteiger partial charge in [0.2, 0.25) is 0 Å². The number of halogens is 1. The lowest BCUT2D eigenvalue weighted by molar-refractivity contribution is 0.144. The van der Waals surface area contributed by atoms with Gasteiger partial charge >= 0.3 is 0 Å². The Hall–Kier alpha value is -1.49. The Bertz CT molecular complexity index is 542. The van der Waals surface area contributed by atoms with Gasteiger partial charge in [0.05, 0.1) is 13.4 Å². The molecule has 0 saturated carbocycles. The molecule has 0 aliphatic heterocycles. The van der Waals surface area contributed by atoms with Crippen molar-refractivity contribution in [1.82, 2.24) is 5.32 Å². The van der Waals surface area contributed by atoms with Gasteiger partial charge in [0.25, 0.3) is 0 Å². The Labute approximate surface area is 123 Å². The number of hydrogen-bond acceptors (Lipinski definition) is 4. The molecular formula is C15H18ClNO3. The zero-order valence-electron chi connectivity index (χ0n) is 11.5. The minimum absolute atomic E-state index is 0.00624. The summed E-state index contributed by atoms with van der Waals surface area (Å²) < 4.78 is 10.5. The summed E-state index contributed by atoms with van der Waals surface area (Å²) in [6, 6.07) is 8.97. The van der Waals surface area contributed by atoms with E-state index in [2.05, 4.69) is 5.32 Å². The van der Waals surface area contributed by atoms with Crippen molar-refractivity contribution < 1.29 is 14.3 Å². The van der Waals surface area contributed by atoms with Crippen molar-refractivity contribution in [3.8, 4) is 5.75 Å². The number of nitrogens with one attached hydrogen (secondary N) is 1. The van der Waals surface area contributed by atoms with Crippen LogP contribution in [0.5, 0.6) is 5.75 Å². The lowest BCUT2D eigenvalue weighted by Crippen LogP contribution is -2.24. The maximum Gasteiger partial charge on any atom is 0.133 e. The van der Waals surface area contributed by atoms with E-state index in [1.165, 1.54) is 0 Å². The Morgan fingerprint density at radius 3 is 2.85 bits per heavy atom. The van der Waals surface area contributed by atoms with E-state index in [1.807, 2.05) is 19.1 Å². The third kappa shape index (κ3) is 3.54. The molecule has 108 valence electrons. The first-order valence-corrected chi connectivity index (χ1v) is 6.78. The number of ether oxygens (including phenoxy) is 1. The molecule has 2 N–H and O–H groups in total. The number of rotatable bonds is 6. The lowest BCUT2D eigenvalue weighted by Gasteiger charge is -2.19. The predicted molar refractivity (Wildman–Crippen MR) is 78.1 cm³/mol. The summed E-state index contributed by atoms with van der Waals surface area (Å²) in [6.07, 6.45) is 0.861. The number of aliphatic hydroxyl groups excluding tert-OH is 1. The number of furan rings is 1. The highest BCUT2D eigenvalue weighted by atomic mass is 35.5. The van der Waals surface area contributed by atoms with E-state index in [4.69, 9.17) is 20.8 Å². The number of benzene rings is 1. The molecule has 2 atom stereocenters. The lowest BCUT2D eigenvalue weighted by atomic mass is 10.1. The maximum atomic E-state index is 9.97. The molecule has 0 radical (unpaired) electrons. The molecule has 2 aromatic rings. The fourth-order valence-corrected chi connectivity index (χ4v) is 2.20. The van der Waals surface area contributed by atoms with Crippen molar-refractivity contribution >= 4 is 11.6 Å². The normalized spacial score (nSPS) is 14.0. The van der Waals surface area contributed by atoms with Gasteiger partial charge in [-0.15, -0.1) is 0 Å². The molecule has 1 aromatic carbocycles. The second-order valence-corrected chi connectivity index (χ2v) is 4.98. The summed E-state index contributed by atoms with van der Waals surface area (Å²) in [5.41, 5.74) is 0.951. The second-order valence-electron chi connectivity index (χ2n) is 4.55. The van der Waals surface area contributed by atoms with Crippen molar-refractivity contribution in [1.29, 1.82) is 0 Å². The van der Waals surface area contributed by atoms with Gasteiger partial charge in [0, 0.05) is 23.2 Å². The smallest absolute Gasteiger partial charge is 0.133 e. The first-order valence-electron chi connectivity index (χ1n) is 6.40. The Morgan fingerprint density at radius 2 is 2.20 bits per heavy atom. The third-order valence-electron chi connectivity index (χ3n) is 3.15. The number of methoxy groups -OCH3 is 1. The summed E-state index contributed by atoms with van der Waals surface area (Å²) in [5, 5.41) is 13.9. The molecular weight excluding hydrogens is 278 g/mol. The van der Waals surface area contributed by atoms with E-state index in [-0.39, 0.29) is 6.04 Å². The van der Waals surface area contributed by atoms with Gasteiger partial charge in [-0.2, -0.15) is 0 Å². The van der Waals surface area contributed by atoms with Crippen molar-refractivity contribution in [3.63, 3.8) is 0 Å². The van der Waals surface area contributed by atoms with Crippen LogP contribution in [-0.4, -0.2) is 18.8 Å². The Morgan fingerprint density at radius 1 is 1.40 bits per heavy atom.